The number of nitro groups is 1. The standard InChI is InChI=1S/C25H24N2O8S/c1-5-6-18-11-17(13-21-23(28)26(25(30)36-21)15(2)24(29)34-4)12-20(33-3)22(18)35-14-16-7-9-19(10-8-16)27(31)32/h5,7-13,15H,1,6,14H2,2-4H3/b21-13+/t15-/m1/s1. The first-order valence-corrected chi connectivity index (χ1v) is 11.5. The molecular weight excluding hydrogens is 488 g/mol. The Kier molecular flexibility index (Phi) is 8.49. The van der Waals surface area contributed by atoms with Gasteiger partial charge in [-0.3, -0.25) is 24.6 Å². The zero-order chi connectivity index (χ0) is 26.4. The van der Waals surface area contributed by atoms with Crippen molar-refractivity contribution in [1.82, 2.24) is 4.90 Å². The number of nitrogens with zero attached hydrogens (tertiary/aromatic N) is 2. The summed E-state index contributed by atoms with van der Waals surface area (Å²) in [7, 11) is 2.66. The highest BCUT2D eigenvalue weighted by atomic mass is 32.2. The number of thioether (sulfide) groups is 1. The maximum atomic E-state index is 12.8. The lowest BCUT2D eigenvalue weighted by molar-refractivity contribution is -0.384. The van der Waals surface area contributed by atoms with E-state index in [1.54, 1.807) is 36.4 Å². The molecule has 0 radical (unpaired) electrons. The summed E-state index contributed by atoms with van der Waals surface area (Å²) < 4.78 is 16.2. The van der Waals surface area contributed by atoms with Crippen LogP contribution in [0.4, 0.5) is 10.5 Å². The Morgan fingerprint density at radius 3 is 2.50 bits per heavy atom. The molecule has 36 heavy (non-hydrogen) atoms. The van der Waals surface area contributed by atoms with Crippen molar-refractivity contribution in [2.45, 2.75) is 26.0 Å². The largest absolute Gasteiger partial charge is 0.493 e. The molecule has 0 aliphatic carbocycles. The maximum Gasteiger partial charge on any atom is 0.328 e. The Balaban J connectivity index is 1.89. The average molecular weight is 513 g/mol. The predicted octanol–water partition coefficient (Wildman–Crippen LogP) is 4.51. The summed E-state index contributed by atoms with van der Waals surface area (Å²) in [6.07, 6.45) is 3.65. The van der Waals surface area contributed by atoms with Crippen LogP contribution in [0.1, 0.15) is 23.6 Å². The molecule has 1 heterocycles. The molecule has 1 atom stereocenters. The lowest BCUT2D eigenvalue weighted by Gasteiger charge is -2.18. The van der Waals surface area contributed by atoms with Crippen LogP contribution in [0.25, 0.3) is 6.08 Å². The van der Waals surface area contributed by atoms with Crippen LogP contribution in [0.5, 0.6) is 11.5 Å². The minimum atomic E-state index is -1.05. The third-order valence-corrected chi connectivity index (χ3v) is 6.20. The highest BCUT2D eigenvalue weighted by molar-refractivity contribution is 8.18. The Bertz CT molecular complexity index is 1240. The number of carbonyl (C=O) groups is 3. The van der Waals surface area contributed by atoms with Crippen LogP contribution < -0.4 is 9.47 Å². The molecule has 0 bridgehead atoms. The van der Waals surface area contributed by atoms with E-state index in [2.05, 4.69) is 11.3 Å². The predicted molar refractivity (Wildman–Crippen MR) is 134 cm³/mol. The van der Waals surface area contributed by atoms with Gasteiger partial charge in [0, 0.05) is 17.7 Å². The molecule has 11 heteroatoms. The minimum absolute atomic E-state index is 0.0153. The van der Waals surface area contributed by atoms with Crippen LogP contribution in [-0.2, 0) is 27.4 Å². The highest BCUT2D eigenvalue weighted by Gasteiger charge is 2.41. The molecule has 0 spiro atoms. The van der Waals surface area contributed by atoms with Gasteiger partial charge in [-0.25, -0.2) is 4.79 Å². The molecule has 10 nitrogen and oxygen atoms in total. The van der Waals surface area contributed by atoms with E-state index in [1.165, 1.54) is 33.3 Å². The maximum absolute atomic E-state index is 12.8. The number of allylic oxidation sites excluding steroid dienone is 1. The van der Waals surface area contributed by atoms with Crippen molar-refractivity contribution in [3.8, 4) is 11.5 Å². The van der Waals surface area contributed by atoms with E-state index < -0.39 is 28.1 Å². The molecule has 1 aliphatic rings. The topological polar surface area (TPSA) is 125 Å². The second kappa shape index (κ2) is 11.5. The van der Waals surface area contributed by atoms with Crippen LogP contribution in [0.2, 0.25) is 0 Å². The Labute approximate surface area is 211 Å². The molecule has 1 aliphatic heterocycles. The Hall–Kier alpha value is -4.12. The Morgan fingerprint density at radius 1 is 1.22 bits per heavy atom. The fourth-order valence-corrected chi connectivity index (χ4v) is 4.41. The summed E-state index contributed by atoms with van der Waals surface area (Å²) in [6, 6.07) is 8.42. The highest BCUT2D eigenvalue weighted by Crippen LogP contribution is 2.38. The van der Waals surface area contributed by atoms with Gasteiger partial charge < -0.3 is 14.2 Å². The monoisotopic (exact) mass is 512 g/mol. The second-order valence-corrected chi connectivity index (χ2v) is 8.66. The third-order valence-electron chi connectivity index (χ3n) is 5.32. The quantitative estimate of drug-likeness (QED) is 0.149. The molecule has 2 aromatic rings. The van der Waals surface area contributed by atoms with Gasteiger partial charge in [-0.15, -0.1) is 6.58 Å². The van der Waals surface area contributed by atoms with Crippen LogP contribution in [0.15, 0.2) is 54.0 Å². The number of hydrogen-bond donors (Lipinski definition) is 0. The summed E-state index contributed by atoms with van der Waals surface area (Å²) >= 11 is 0.731. The van der Waals surface area contributed by atoms with Crippen molar-refractivity contribution in [2.75, 3.05) is 14.2 Å². The number of benzene rings is 2. The van der Waals surface area contributed by atoms with Gasteiger partial charge in [0.15, 0.2) is 11.5 Å². The first-order chi connectivity index (χ1) is 17.2. The number of imide groups is 1. The number of esters is 1. The molecule has 1 saturated heterocycles. The molecular formula is C25H24N2O8S. The average Bonchev–Trinajstić information content (AvgIpc) is 3.14. The van der Waals surface area contributed by atoms with E-state index in [9.17, 15) is 24.5 Å². The van der Waals surface area contributed by atoms with Crippen LogP contribution in [0, 0.1) is 10.1 Å². The van der Waals surface area contributed by atoms with Gasteiger partial charge in [0.1, 0.15) is 12.6 Å². The molecule has 2 amide bonds. The molecule has 0 N–H and O–H groups in total. The number of methoxy groups -OCH3 is 2. The number of carbonyl (C=O) groups excluding carboxylic acids is 3. The number of hydrogen-bond acceptors (Lipinski definition) is 9. The van der Waals surface area contributed by atoms with Gasteiger partial charge in [0.2, 0.25) is 0 Å². The van der Waals surface area contributed by atoms with E-state index in [4.69, 9.17) is 9.47 Å². The van der Waals surface area contributed by atoms with Crippen LogP contribution >= 0.6 is 11.8 Å². The SMILES string of the molecule is C=CCc1cc(/C=C2/SC(=O)N([C@H](C)C(=O)OC)C2=O)cc(OC)c1OCc1ccc([N+](=O)[O-])cc1. The lowest BCUT2D eigenvalue weighted by Crippen LogP contribution is -2.42. The van der Waals surface area contributed by atoms with Crippen molar-refractivity contribution >= 4 is 40.6 Å². The number of rotatable bonds is 10. The normalized spacial score (nSPS) is 15.1. The molecule has 0 saturated carbocycles. The minimum Gasteiger partial charge on any atom is -0.493 e. The van der Waals surface area contributed by atoms with Crippen molar-refractivity contribution in [2.24, 2.45) is 0 Å². The smallest absolute Gasteiger partial charge is 0.328 e. The zero-order valence-corrected chi connectivity index (χ0v) is 20.7. The lowest BCUT2D eigenvalue weighted by atomic mass is 10.0. The van der Waals surface area contributed by atoms with Crippen molar-refractivity contribution in [1.29, 1.82) is 0 Å². The summed E-state index contributed by atoms with van der Waals surface area (Å²) in [5, 5.41) is 10.3. The van der Waals surface area contributed by atoms with Gasteiger partial charge in [-0.05, 0) is 66.6 Å². The first-order valence-electron chi connectivity index (χ1n) is 10.7. The molecule has 2 aromatic carbocycles. The van der Waals surface area contributed by atoms with Crippen LogP contribution in [0.3, 0.4) is 0 Å². The van der Waals surface area contributed by atoms with Crippen molar-refractivity contribution in [3.63, 3.8) is 0 Å². The van der Waals surface area contributed by atoms with E-state index in [1.807, 2.05) is 0 Å². The van der Waals surface area contributed by atoms with E-state index >= 15 is 0 Å². The van der Waals surface area contributed by atoms with Gasteiger partial charge in [-0.1, -0.05) is 6.08 Å². The second-order valence-electron chi connectivity index (χ2n) is 7.67. The number of nitro benzene ring substituents is 1. The van der Waals surface area contributed by atoms with E-state index in [0.29, 0.717) is 23.5 Å². The number of ether oxygens (including phenoxy) is 3. The van der Waals surface area contributed by atoms with Crippen LogP contribution in [-0.4, -0.2) is 47.2 Å². The summed E-state index contributed by atoms with van der Waals surface area (Å²) in [4.78, 5) is 48.5. The van der Waals surface area contributed by atoms with E-state index in [0.717, 1.165) is 27.8 Å². The summed E-state index contributed by atoms with van der Waals surface area (Å²) in [5.74, 6) is -0.432. The molecule has 1 fully saturated rings. The third kappa shape index (κ3) is 5.74. The van der Waals surface area contributed by atoms with Gasteiger partial charge in [0.05, 0.1) is 24.0 Å². The Morgan fingerprint density at radius 2 is 1.92 bits per heavy atom. The fourth-order valence-electron chi connectivity index (χ4n) is 3.50. The van der Waals surface area contributed by atoms with Gasteiger partial charge >= 0.3 is 5.97 Å². The summed E-state index contributed by atoms with van der Waals surface area (Å²) in [6.45, 7) is 5.34. The zero-order valence-electron chi connectivity index (χ0n) is 19.9. The van der Waals surface area contributed by atoms with Crippen molar-refractivity contribution < 1.29 is 33.5 Å². The first kappa shape index (κ1) is 26.5. The fraction of sp³-hybridized carbons (Fsp3) is 0.240. The summed E-state index contributed by atoms with van der Waals surface area (Å²) in [5.41, 5.74) is 2.02. The molecule has 0 aromatic heterocycles. The molecule has 188 valence electrons. The van der Waals surface area contributed by atoms with Gasteiger partial charge in [-0.2, -0.15) is 0 Å². The van der Waals surface area contributed by atoms with Gasteiger partial charge in [0.25, 0.3) is 16.8 Å². The molecule has 3 rings (SSSR count). The van der Waals surface area contributed by atoms with E-state index in [-0.39, 0.29) is 17.2 Å². The number of non-ortho nitro benzene ring substituents is 1. The number of amides is 2. The molecule has 0 unspecified atom stereocenters. The van der Waals surface area contributed by atoms with Crippen molar-refractivity contribution in [3.05, 3.63) is 80.8 Å².